The van der Waals surface area contributed by atoms with E-state index in [-0.39, 0.29) is 24.4 Å². The second-order valence-electron chi connectivity index (χ2n) is 5.45. The summed E-state index contributed by atoms with van der Waals surface area (Å²) in [6.07, 6.45) is 1.21. The lowest BCUT2D eigenvalue weighted by Gasteiger charge is -2.21. The first-order chi connectivity index (χ1) is 11.0. The van der Waals surface area contributed by atoms with Crippen LogP contribution in [0.15, 0.2) is 18.2 Å². The second kappa shape index (κ2) is 8.06. The Balaban J connectivity index is 1.90. The average Bonchev–Trinajstić information content (AvgIpc) is 3.00. The molecule has 1 aliphatic rings. The zero-order valence-electron chi connectivity index (χ0n) is 13.4. The quantitative estimate of drug-likeness (QED) is 0.825. The highest BCUT2D eigenvalue weighted by atomic mass is 35.5. The van der Waals surface area contributed by atoms with Crippen molar-refractivity contribution in [1.82, 2.24) is 10.6 Å². The summed E-state index contributed by atoms with van der Waals surface area (Å²) in [6.45, 7) is 3.26. The van der Waals surface area contributed by atoms with Crippen molar-refractivity contribution in [2.75, 3.05) is 31.6 Å². The minimum absolute atomic E-state index is 0.0175. The van der Waals surface area contributed by atoms with Crippen molar-refractivity contribution in [2.45, 2.75) is 25.8 Å². The first-order valence-electron chi connectivity index (χ1n) is 7.68. The zero-order valence-corrected chi connectivity index (χ0v) is 14.2. The van der Waals surface area contributed by atoms with Crippen LogP contribution in [0, 0.1) is 0 Å². The standard InChI is InChI=1S/C16H22ClN3O3/c1-3-15(21)18-9-16(22)19-12-6-7-20(10-12)13-8-11(17)4-5-14(13)23-2/h4-5,8,12H,3,6-7,9-10H2,1-2H3,(H,18,21)(H,19,22). The molecule has 1 aliphatic heterocycles. The van der Waals surface area contributed by atoms with E-state index in [2.05, 4.69) is 15.5 Å². The van der Waals surface area contributed by atoms with Gasteiger partial charge in [0.2, 0.25) is 11.8 Å². The summed E-state index contributed by atoms with van der Waals surface area (Å²) in [5.74, 6) is 0.463. The first kappa shape index (κ1) is 17.4. The molecule has 2 N–H and O–H groups in total. The Bertz CT molecular complexity index is 580. The molecule has 1 aromatic rings. The molecule has 2 amide bonds. The number of hydrogen-bond donors (Lipinski definition) is 2. The van der Waals surface area contributed by atoms with Gasteiger partial charge >= 0.3 is 0 Å². The van der Waals surface area contributed by atoms with Crippen LogP contribution in [-0.2, 0) is 9.59 Å². The SMILES string of the molecule is CCC(=O)NCC(=O)NC1CCN(c2cc(Cl)ccc2OC)C1. The van der Waals surface area contributed by atoms with Gasteiger partial charge in [-0.1, -0.05) is 18.5 Å². The van der Waals surface area contributed by atoms with Gasteiger partial charge in [0.15, 0.2) is 0 Å². The maximum Gasteiger partial charge on any atom is 0.239 e. The molecule has 0 aromatic heterocycles. The fourth-order valence-corrected chi connectivity index (χ4v) is 2.76. The lowest BCUT2D eigenvalue weighted by Crippen LogP contribution is -2.43. The van der Waals surface area contributed by atoms with E-state index in [1.165, 1.54) is 0 Å². The fraction of sp³-hybridized carbons (Fsp3) is 0.500. The van der Waals surface area contributed by atoms with E-state index >= 15 is 0 Å². The van der Waals surface area contributed by atoms with E-state index in [0.717, 1.165) is 24.4 Å². The van der Waals surface area contributed by atoms with Gasteiger partial charge in [0.1, 0.15) is 5.75 Å². The van der Waals surface area contributed by atoms with Gasteiger partial charge in [0.25, 0.3) is 0 Å². The van der Waals surface area contributed by atoms with Crippen LogP contribution in [0.2, 0.25) is 5.02 Å². The maximum absolute atomic E-state index is 11.8. The number of amides is 2. The van der Waals surface area contributed by atoms with E-state index in [9.17, 15) is 9.59 Å². The van der Waals surface area contributed by atoms with E-state index in [1.54, 1.807) is 20.1 Å². The van der Waals surface area contributed by atoms with E-state index in [1.807, 2.05) is 12.1 Å². The normalized spacial score (nSPS) is 17.0. The summed E-state index contributed by atoms with van der Waals surface area (Å²) in [5, 5.41) is 6.16. The minimum atomic E-state index is -0.170. The van der Waals surface area contributed by atoms with Crippen LogP contribution in [0.25, 0.3) is 0 Å². The van der Waals surface area contributed by atoms with E-state index in [0.29, 0.717) is 18.0 Å². The number of nitrogens with one attached hydrogen (secondary N) is 2. The number of ether oxygens (including phenoxy) is 1. The molecule has 1 aromatic carbocycles. The molecule has 6 nitrogen and oxygen atoms in total. The van der Waals surface area contributed by atoms with Gasteiger partial charge in [0, 0.05) is 30.6 Å². The van der Waals surface area contributed by atoms with Crippen LogP contribution < -0.4 is 20.3 Å². The summed E-state index contributed by atoms with van der Waals surface area (Å²) >= 11 is 6.07. The van der Waals surface area contributed by atoms with Crippen molar-refractivity contribution >= 4 is 29.1 Å². The van der Waals surface area contributed by atoms with Gasteiger partial charge in [-0.25, -0.2) is 0 Å². The predicted octanol–water partition coefficient (Wildman–Crippen LogP) is 1.57. The molecule has 0 radical (unpaired) electrons. The summed E-state index contributed by atoms with van der Waals surface area (Å²) in [5.41, 5.74) is 0.927. The number of hydrogen-bond acceptors (Lipinski definition) is 4. The average molecular weight is 340 g/mol. The van der Waals surface area contributed by atoms with Gasteiger partial charge in [-0.3, -0.25) is 9.59 Å². The number of halogens is 1. The Kier molecular flexibility index (Phi) is 6.10. The molecule has 0 spiro atoms. The van der Waals surface area contributed by atoms with Crippen molar-refractivity contribution in [2.24, 2.45) is 0 Å². The summed E-state index contributed by atoms with van der Waals surface area (Å²) in [4.78, 5) is 25.2. The van der Waals surface area contributed by atoms with Crippen LogP contribution in [0.3, 0.4) is 0 Å². The first-order valence-corrected chi connectivity index (χ1v) is 8.05. The molecule has 1 saturated heterocycles. The van der Waals surface area contributed by atoms with Crippen LogP contribution in [-0.4, -0.2) is 44.6 Å². The van der Waals surface area contributed by atoms with Gasteiger partial charge in [-0.05, 0) is 24.6 Å². The third kappa shape index (κ3) is 4.76. The van der Waals surface area contributed by atoms with Crippen molar-refractivity contribution < 1.29 is 14.3 Å². The molecule has 126 valence electrons. The Morgan fingerprint density at radius 2 is 2.17 bits per heavy atom. The van der Waals surface area contributed by atoms with Crippen LogP contribution >= 0.6 is 11.6 Å². The van der Waals surface area contributed by atoms with Gasteiger partial charge in [-0.2, -0.15) is 0 Å². The summed E-state index contributed by atoms with van der Waals surface area (Å²) in [7, 11) is 1.62. The summed E-state index contributed by atoms with van der Waals surface area (Å²) in [6, 6.07) is 5.54. The zero-order chi connectivity index (χ0) is 16.8. The molecule has 1 heterocycles. The van der Waals surface area contributed by atoms with Crippen molar-refractivity contribution in [1.29, 1.82) is 0 Å². The molecule has 0 aliphatic carbocycles. The molecule has 23 heavy (non-hydrogen) atoms. The second-order valence-corrected chi connectivity index (χ2v) is 5.88. The molecule has 7 heteroatoms. The molecule has 2 rings (SSSR count). The number of anilines is 1. The maximum atomic E-state index is 11.8. The number of carbonyl (C=O) groups is 2. The fourth-order valence-electron chi connectivity index (χ4n) is 2.59. The van der Waals surface area contributed by atoms with Crippen molar-refractivity contribution in [3.05, 3.63) is 23.2 Å². The monoisotopic (exact) mass is 339 g/mol. The number of benzene rings is 1. The van der Waals surface area contributed by atoms with Crippen molar-refractivity contribution in [3.63, 3.8) is 0 Å². The molecule has 1 unspecified atom stereocenters. The molecular formula is C16H22ClN3O3. The molecule has 0 bridgehead atoms. The molecule has 1 atom stereocenters. The highest BCUT2D eigenvalue weighted by Gasteiger charge is 2.26. The lowest BCUT2D eigenvalue weighted by atomic mass is 10.2. The number of methoxy groups -OCH3 is 1. The molecule has 0 saturated carbocycles. The highest BCUT2D eigenvalue weighted by molar-refractivity contribution is 6.30. The Morgan fingerprint density at radius 3 is 2.87 bits per heavy atom. The molecular weight excluding hydrogens is 318 g/mol. The van der Waals surface area contributed by atoms with Crippen LogP contribution in [0.5, 0.6) is 5.75 Å². The minimum Gasteiger partial charge on any atom is -0.495 e. The van der Waals surface area contributed by atoms with E-state index < -0.39 is 0 Å². The third-order valence-electron chi connectivity index (χ3n) is 3.80. The Labute approximate surface area is 141 Å². The van der Waals surface area contributed by atoms with Gasteiger partial charge < -0.3 is 20.3 Å². The van der Waals surface area contributed by atoms with Crippen molar-refractivity contribution in [3.8, 4) is 5.75 Å². The van der Waals surface area contributed by atoms with E-state index in [4.69, 9.17) is 16.3 Å². The number of carbonyl (C=O) groups excluding carboxylic acids is 2. The number of nitrogens with zero attached hydrogens (tertiary/aromatic N) is 1. The van der Waals surface area contributed by atoms with Crippen LogP contribution in [0.1, 0.15) is 19.8 Å². The number of rotatable bonds is 6. The van der Waals surface area contributed by atoms with Crippen LogP contribution in [0.4, 0.5) is 5.69 Å². The third-order valence-corrected chi connectivity index (χ3v) is 4.04. The summed E-state index contributed by atoms with van der Waals surface area (Å²) < 4.78 is 5.37. The van der Waals surface area contributed by atoms with Gasteiger partial charge in [0.05, 0.1) is 19.3 Å². The topological polar surface area (TPSA) is 70.7 Å². The predicted molar refractivity (Wildman–Crippen MR) is 90.1 cm³/mol. The molecule has 1 fully saturated rings. The smallest absolute Gasteiger partial charge is 0.239 e. The van der Waals surface area contributed by atoms with Gasteiger partial charge in [-0.15, -0.1) is 0 Å². The highest BCUT2D eigenvalue weighted by Crippen LogP contribution is 2.33. The Hall–Kier alpha value is -1.95. The largest absolute Gasteiger partial charge is 0.495 e. The lowest BCUT2D eigenvalue weighted by molar-refractivity contribution is -0.126. The Morgan fingerprint density at radius 1 is 1.39 bits per heavy atom.